The highest BCUT2D eigenvalue weighted by Crippen LogP contribution is 2.41. The van der Waals surface area contributed by atoms with Crippen LogP contribution in [0.3, 0.4) is 0 Å². The lowest BCUT2D eigenvalue weighted by Gasteiger charge is -2.14. The Labute approximate surface area is 149 Å². The second kappa shape index (κ2) is 6.78. The predicted molar refractivity (Wildman–Crippen MR) is 94.9 cm³/mol. The minimum atomic E-state index is -0.223. The normalized spacial score (nSPS) is 15.1. The van der Waals surface area contributed by atoms with Crippen LogP contribution in [0.2, 0.25) is 0 Å². The number of benzene rings is 1. The van der Waals surface area contributed by atoms with Crippen LogP contribution < -0.4 is 11.1 Å². The molecule has 0 aliphatic heterocycles. The van der Waals surface area contributed by atoms with E-state index in [-0.39, 0.29) is 11.9 Å². The first-order valence-electron chi connectivity index (χ1n) is 8.23. The number of aromatic nitrogens is 2. The highest BCUT2D eigenvalue weighted by molar-refractivity contribution is 7.15. The van der Waals surface area contributed by atoms with Gasteiger partial charge in [-0.05, 0) is 43.0 Å². The Morgan fingerprint density at radius 3 is 2.76 bits per heavy atom. The van der Waals surface area contributed by atoms with Crippen LogP contribution >= 0.6 is 11.3 Å². The third-order valence-electron chi connectivity index (χ3n) is 4.21. The zero-order chi connectivity index (χ0) is 17.2. The summed E-state index contributed by atoms with van der Waals surface area (Å²) in [5, 5.41) is 7.16. The minimum Gasteiger partial charge on any atom is -0.342 e. The lowest BCUT2D eigenvalue weighted by molar-refractivity contribution is 0.0929. The summed E-state index contributed by atoms with van der Waals surface area (Å²) in [6.45, 7) is 0.490. The van der Waals surface area contributed by atoms with E-state index in [1.54, 1.807) is 12.1 Å². The Hall–Kier alpha value is -2.51. The average molecular weight is 354 g/mol. The molecule has 1 saturated carbocycles. The molecular weight excluding hydrogens is 336 g/mol. The largest absolute Gasteiger partial charge is 0.342 e. The van der Waals surface area contributed by atoms with Gasteiger partial charge in [0.1, 0.15) is 0 Å². The van der Waals surface area contributed by atoms with E-state index >= 15 is 0 Å². The van der Waals surface area contributed by atoms with Gasteiger partial charge in [-0.15, -0.1) is 11.3 Å². The van der Waals surface area contributed by atoms with Gasteiger partial charge in [-0.25, -0.2) is 0 Å². The molecule has 1 amide bonds. The molecule has 128 valence electrons. The summed E-state index contributed by atoms with van der Waals surface area (Å²) in [6.07, 6.45) is 2.11. The van der Waals surface area contributed by atoms with Gasteiger partial charge < -0.3 is 15.6 Å². The molecule has 0 radical (unpaired) electrons. The van der Waals surface area contributed by atoms with Crippen molar-refractivity contribution in [1.82, 2.24) is 15.5 Å². The van der Waals surface area contributed by atoms with Crippen LogP contribution in [0.25, 0.3) is 10.8 Å². The van der Waals surface area contributed by atoms with Crippen LogP contribution in [0.1, 0.15) is 39.9 Å². The van der Waals surface area contributed by atoms with Gasteiger partial charge in [-0.3, -0.25) is 4.79 Å². The van der Waals surface area contributed by atoms with E-state index in [0.717, 1.165) is 22.6 Å². The molecule has 3 aromatic rings. The van der Waals surface area contributed by atoms with Crippen molar-refractivity contribution in [3.63, 3.8) is 0 Å². The topological polar surface area (TPSA) is 94.0 Å². The van der Waals surface area contributed by atoms with E-state index < -0.39 is 0 Å². The molecule has 2 aromatic heterocycles. The molecule has 1 atom stereocenters. The van der Waals surface area contributed by atoms with Crippen LogP contribution in [-0.2, 0) is 6.54 Å². The summed E-state index contributed by atoms with van der Waals surface area (Å²) in [4.78, 5) is 18.9. The quantitative estimate of drug-likeness (QED) is 0.709. The predicted octanol–water partition coefficient (Wildman–Crippen LogP) is 3.14. The fourth-order valence-electron chi connectivity index (χ4n) is 2.70. The van der Waals surface area contributed by atoms with E-state index in [2.05, 4.69) is 15.5 Å². The molecule has 0 spiro atoms. The fourth-order valence-corrected chi connectivity index (χ4v) is 3.51. The van der Waals surface area contributed by atoms with Gasteiger partial charge in [0.15, 0.2) is 5.82 Å². The van der Waals surface area contributed by atoms with Gasteiger partial charge >= 0.3 is 0 Å². The molecule has 1 aromatic carbocycles. The molecule has 1 aliphatic rings. The average Bonchev–Trinajstić information content (AvgIpc) is 3.18. The monoisotopic (exact) mass is 354 g/mol. The standard InChI is InChI=1S/C18H18N4O2S/c19-10-13-8-9-14(25-13)18-21-16(22-24-18)15(11-6-7-11)20-17(23)12-4-2-1-3-5-12/h1-5,8-9,11,15H,6-7,10,19H2,(H,20,23). The number of rotatable bonds is 6. The molecule has 1 fully saturated rings. The molecule has 0 bridgehead atoms. The molecule has 1 aliphatic carbocycles. The molecule has 1 unspecified atom stereocenters. The zero-order valence-corrected chi connectivity index (χ0v) is 14.3. The summed E-state index contributed by atoms with van der Waals surface area (Å²) >= 11 is 1.54. The fraction of sp³-hybridized carbons (Fsp3) is 0.278. The number of thiophene rings is 1. The summed E-state index contributed by atoms with van der Waals surface area (Å²) in [7, 11) is 0. The number of hydrogen-bond donors (Lipinski definition) is 2. The Balaban J connectivity index is 1.54. The molecule has 3 N–H and O–H groups in total. The van der Waals surface area contributed by atoms with Crippen molar-refractivity contribution in [3.05, 3.63) is 58.7 Å². The van der Waals surface area contributed by atoms with Crippen molar-refractivity contribution in [1.29, 1.82) is 0 Å². The zero-order valence-electron chi connectivity index (χ0n) is 13.5. The lowest BCUT2D eigenvalue weighted by atomic mass is 10.1. The van der Waals surface area contributed by atoms with Gasteiger partial charge in [-0.1, -0.05) is 23.4 Å². The van der Waals surface area contributed by atoms with Gasteiger partial charge in [0, 0.05) is 17.0 Å². The van der Waals surface area contributed by atoms with E-state index in [1.807, 2.05) is 30.3 Å². The molecule has 7 heteroatoms. The summed E-state index contributed by atoms with van der Waals surface area (Å²) < 4.78 is 5.41. The van der Waals surface area contributed by atoms with E-state index in [0.29, 0.717) is 29.7 Å². The Morgan fingerprint density at radius 1 is 1.28 bits per heavy atom. The van der Waals surface area contributed by atoms with Gasteiger partial charge in [0.2, 0.25) is 0 Å². The smallest absolute Gasteiger partial charge is 0.268 e. The number of nitrogens with zero attached hydrogens (tertiary/aromatic N) is 2. The molecule has 6 nitrogen and oxygen atoms in total. The number of nitrogens with one attached hydrogen (secondary N) is 1. The van der Waals surface area contributed by atoms with Crippen LogP contribution in [0, 0.1) is 5.92 Å². The second-order valence-corrected chi connectivity index (χ2v) is 7.25. The van der Waals surface area contributed by atoms with Crippen LogP contribution in [0.5, 0.6) is 0 Å². The van der Waals surface area contributed by atoms with Crippen molar-refractivity contribution in [2.75, 3.05) is 0 Å². The van der Waals surface area contributed by atoms with Crippen LogP contribution in [0.4, 0.5) is 0 Å². The lowest BCUT2D eigenvalue weighted by Crippen LogP contribution is -2.30. The van der Waals surface area contributed by atoms with E-state index in [4.69, 9.17) is 10.3 Å². The first kappa shape index (κ1) is 16.0. The second-order valence-electron chi connectivity index (χ2n) is 6.08. The SMILES string of the molecule is NCc1ccc(-c2nc(C(NC(=O)c3ccccc3)C3CC3)no2)s1. The first-order valence-corrected chi connectivity index (χ1v) is 9.05. The molecule has 2 heterocycles. The van der Waals surface area contributed by atoms with Crippen molar-refractivity contribution in [2.24, 2.45) is 11.7 Å². The third-order valence-corrected chi connectivity index (χ3v) is 5.31. The summed E-state index contributed by atoms with van der Waals surface area (Å²) in [5.41, 5.74) is 6.28. The summed E-state index contributed by atoms with van der Waals surface area (Å²) in [6, 6.07) is 12.8. The van der Waals surface area contributed by atoms with Crippen LogP contribution in [-0.4, -0.2) is 16.0 Å². The van der Waals surface area contributed by atoms with Crippen molar-refractivity contribution < 1.29 is 9.32 Å². The van der Waals surface area contributed by atoms with E-state index in [9.17, 15) is 4.79 Å². The van der Waals surface area contributed by atoms with Gasteiger partial charge in [-0.2, -0.15) is 4.98 Å². The highest BCUT2D eigenvalue weighted by Gasteiger charge is 2.37. The number of carbonyl (C=O) groups excluding carboxylic acids is 1. The number of hydrogen-bond acceptors (Lipinski definition) is 6. The highest BCUT2D eigenvalue weighted by atomic mass is 32.1. The Morgan fingerprint density at radius 2 is 2.08 bits per heavy atom. The molecule has 0 saturated heterocycles. The van der Waals surface area contributed by atoms with Crippen molar-refractivity contribution >= 4 is 17.2 Å². The number of amides is 1. The molecule has 25 heavy (non-hydrogen) atoms. The molecule has 4 rings (SSSR count). The maximum atomic E-state index is 12.5. The van der Waals surface area contributed by atoms with Crippen LogP contribution in [0.15, 0.2) is 47.0 Å². The Kier molecular flexibility index (Phi) is 4.33. The van der Waals surface area contributed by atoms with Crippen molar-refractivity contribution in [3.8, 4) is 10.8 Å². The molecular formula is C18H18N4O2S. The number of nitrogens with two attached hydrogens (primary N) is 1. The third kappa shape index (κ3) is 3.47. The first-order chi connectivity index (χ1) is 12.2. The summed E-state index contributed by atoms with van der Waals surface area (Å²) in [5.74, 6) is 1.25. The van der Waals surface area contributed by atoms with E-state index in [1.165, 1.54) is 11.3 Å². The Bertz CT molecular complexity index is 870. The number of carbonyl (C=O) groups is 1. The van der Waals surface area contributed by atoms with Crippen molar-refractivity contribution in [2.45, 2.75) is 25.4 Å². The maximum Gasteiger partial charge on any atom is 0.268 e. The van der Waals surface area contributed by atoms with Gasteiger partial charge in [0.25, 0.3) is 11.8 Å². The minimum absolute atomic E-state index is 0.120. The van der Waals surface area contributed by atoms with Gasteiger partial charge in [0.05, 0.1) is 10.9 Å². The maximum absolute atomic E-state index is 12.5.